The van der Waals surface area contributed by atoms with E-state index < -0.39 is 0 Å². The van der Waals surface area contributed by atoms with E-state index in [2.05, 4.69) is 5.32 Å². The summed E-state index contributed by atoms with van der Waals surface area (Å²) in [6.45, 7) is 0.603. The van der Waals surface area contributed by atoms with E-state index in [1.807, 2.05) is 0 Å². The van der Waals surface area contributed by atoms with Crippen molar-refractivity contribution in [3.63, 3.8) is 0 Å². The zero-order chi connectivity index (χ0) is 11.3. The van der Waals surface area contributed by atoms with Gasteiger partial charge in [-0.25, -0.2) is 0 Å². The Hall–Kier alpha value is -1.62. The first-order valence-electron chi connectivity index (χ1n) is 4.78. The Morgan fingerprint density at radius 1 is 1.60 bits per heavy atom. The molecule has 1 amide bonds. The number of carbonyl (C=O) groups is 1. The molecule has 5 heteroatoms. The summed E-state index contributed by atoms with van der Waals surface area (Å²) in [6.07, 6.45) is 1.95. The van der Waals surface area contributed by atoms with Crippen LogP contribution in [0.3, 0.4) is 0 Å². The monoisotopic (exact) mass is 209 g/mol. The van der Waals surface area contributed by atoms with Gasteiger partial charge in [0, 0.05) is 38.3 Å². The fourth-order valence-electron chi connectivity index (χ4n) is 1.26. The molecule has 0 saturated heterocycles. The van der Waals surface area contributed by atoms with E-state index >= 15 is 0 Å². The van der Waals surface area contributed by atoms with Crippen molar-refractivity contribution in [2.45, 2.75) is 19.5 Å². The number of aryl methyl sites for hydroxylation is 1. The van der Waals surface area contributed by atoms with Crippen LogP contribution in [-0.2, 0) is 17.9 Å². The minimum absolute atomic E-state index is 0.0833. The van der Waals surface area contributed by atoms with Crippen LogP contribution in [0.1, 0.15) is 12.0 Å². The highest BCUT2D eigenvalue weighted by Crippen LogP contribution is 1.92. The summed E-state index contributed by atoms with van der Waals surface area (Å²) in [6, 6.07) is 3.45. The topological polar surface area (TPSA) is 77.1 Å². The minimum Gasteiger partial charge on any atom is -0.359 e. The Morgan fingerprint density at radius 3 is 2.93 bits per heavy atom. The Labute approximate surface area is 87.9 Å². The summed E-state index contributed by atoms with van der Waals surface area (Å²) in [4.78, 5) is 22.7. The van der Waals surface area contributed by atoms with Crippen molar-refractivity contribution >= 4 is 5.91 Å². The number of rotatable bonds is 4. The molecule has 1 aromatic rings. The van der Waals surface area contributed by atoms with Gasteiger partial charge in [-0.1, -0.05) is 6.07 Å². The van der Waals surface area contributed by atoms with Gasteiger partial charge in [-0.15, -0.1) is 0 Å². The maximum absolute atomic E-state index is 11.7. The van der Waals surface area contributed by atoms with Crippen molar-refractivity contribution in [3.05, 3.63) is 34.2 Å². The number of pyridine rings is 1. The summed E-state index contributed by atoms with van der Waals surface area (Å²) < 4.78 is 1.50. The lowest BCUT2D eigenvalue weighted by Gasteiger charge is -2.06. The molecule has 0 aliphatic rings. The molecule has 0 aliphatic heterocycles. The quantitative estimate of drug-likeness (QED) is 0.698. The number of hydrogen-bond acceptors (Lipinski definition) is 3. The molecule has 0 radical (unpaired) electrons. The van der Waals surface area contributed by atoms with Gasteiger partial charge in [0.25, 0.3) is 5.56 Å². The molecule has 3 N–H and O–H groups in total. The second-order valence-electron chi connectivity index (χ2n) is 3.16. The van der Waals surface area contributed by atoms with Gasteiger partial charge in [0.15, 0.2) is 0 Å². The number of amides is 1. The van der Waals surface area contributed by atoms with E-state index in [9.17, 15) is 9.59 Å². The van der Waals surface area contributed by atoms with E-state index in [1.165, 1.54) is 4.57 Å². The van der Waals surface area contributed by atoms with Crippen LogP contribution in [0.4, 0.5) is 0 Å². The first-order valence-corrected chi connectivity index (χ1v) is 4.78. The third kappa shape index (κ3) is 2.92. The molecule has 0 fully saturated rings. The predicted octanol–water partition coefficient (Wildman–Crippen LogP) is -0.557. The molecule has 0 atom stereocenters. The molecule has 0 aromatic carbocycles. The van der Waals surface area contributed by atoms with Gasteiger partial charge in [0.05, 0.1) is 0 Å². The normalized spacial score (nSPS) is 10.0. The first kappa shape index (κ1) is 11.5. The Balaban J connectivity index is 2.78. The van der Waals surface area contributed by atoms with E-state index in [-0.39, 0.29) is 18.0 Å². The summed E-state index contributed by atoms with van der Waals surface area (Å²) >= 11 is 0. The zero-order valence-electron chi connectivity index (χ0n) is 8.69. The van der Waals surface area contributed by atoms with E-state index in [0.29, 0.717) is 18.5 Å². The molecule has 0 spiro atoms. The van der Waals surface area contributed by atoms with Gasteiger partial charge in [-0.3, -0.25) is 9.59 Å². The molecule has 0 aliphatic carbocycles. The minimum atomic E-state index is -0.121. The fraction of sp³-hybridized carbons (Fsp3) is 0.400. The number of aromatic nitrogens is 1. The smallest absolute Gasteiger partial charge is 0.255 e. The van der Waals surface area contributed by atoms with Crippen molar-refractivity contribution in [2.24, 2.45) is 5.73 Å². The summed E-state index contributed by atoms with van der Waals surface area (Å²) in [5.74, 6) is -0.0833. The lowest BCUT2D eigenvalue weighted by atomic mass is 10.2. The second-order valence-corrected chi connectivity index (χ2v) is 3.16. The van der Waals surface area contributed by atoms with Gasteiger partial charge >= 0.3 is 0 Å². The Kier molecular flexibility index (Phi) is 4.05. The molecule has 82 valence electrons. The van der Waals surface area contributed by atoms with Crippen LogP contribution in [0.5, 0.6) is 0 Å². The molecule has 0 unspecified atom stereocenters. The molecule has 0 bridgehead atoms. The largest absolute Gasteiger partial charge is 0.359 e. The van der Waals surface area contributed by atoms with Crippen molar-refractivity contribution in [3.8, 4) is 0 Å². The van der Waals surface area contributed by atoms with Gasteiger partial charge < -0.3 is 15.6 Å². The maximum atomic E-state index is 11.7. The molecule has 15 heavy (non-hydrogen) atoms. The van der Waals surface area contributed by atoms with Crippen LogP contribution in [0, 0.1) is 0 Å². The summed E-state index contributed by atoms with van der Waals surface area (Å²) in [5.41, 5.74) is 5.85. The number of nitrogens with one attached hydrogen (secondary N) is 1. The third-order valence-corrected chi connectivity index (χ3v) is 2.18. The lowest BCUT2D eigenvalue weighted by molar-refractivity contribution is -0.120. The highest BCUT2D eigenvalue weighted by Gasteiger charge is 2.03. The lowest BCUT2D eigenvalue weighted by Crippen LogP contribution is -2.27. The number of carbonyl (C=O) groups excluding carboxylic acids is 1. The van der Waals surface area contributed by atoms with Crippen LogP contribution in [0.2, 0.25) is 0 Å². The molecule has 1 heterocycles. The van der Waals surface area contributed by atoms with Crippen LogP contribution in [0.15, 0.2) is 23.1 Å². The third-order valence-electron chi connectivity index (χ3n) is 2.18. The van der Waals surface area contributed by atoms with Gasteiger partial charge in [-0.05, 0) is 6.07 Å². The SMILES string of the molecule is CNC(=O)CCn1cccc(CN)c1=O. The predicted molar refractivity (Wildman–Crippen MR) is 57.3 cm³/mol. The number of hydrogen-bond donors (Lipinski definition) is 2. The second kappa shape index (κ2) is 5.31. The van der Waals surface area contributed by atoms with E-state index in [4.69, 9.17) is 5.73 Å². The summed E-state index contributed by atoms with van der Waals surface area (Å²) in [5, 5.41) is 2.50. The molecule has 5 nitrogen and oxygen atoms in total. The fourth-order valence-corrected chi connectivity index (χ4v) is 1.26. The highest BCUT2D eigenvalue weighted by molar-refractivity contribution is 5.75. The standard InChI is InChI=1S/C10H15N3O2/c1-12-9(14)4-6-13-5-2-3-8(7-11)10(13)15/h2-3,5H,4,6-7,11H2,1H3,(H,12,14). The highest BCUT2D eigenvalue weighted by atomic mass is 16.1. The molecule has 0 saturated carbocycles. The summed E-state index contributed by atoms with van der Waals surface area (Å²) in [7, 11) is 1.57. The molecule has 1 rings (SSSR count). The zero-order valence-corrected chi connectivity index (χ0v) is 8.69. The first-order chi connectivity index (χ1) is 7.19. The van der Waals surface area contributed by atoms with E-state index in [0.717, 1.165) is 0 Å². The molecular weight excluding hydrogens is 194 g/mol. The van der Waals surface area contributed by atoms with Crippen LogP contribution in [0.25, 0.3) is 0 Å². The van der Waals surface area contributed by atoms with Gasteiger partial charge in [0.2, 0.25) is 5.91 Å². The van der Waals surface area contributed by atoms with Crippen LogP contribution < -0.4 is 16.6 Å². The Bertz CT molecular complexity index is 398. The van der Waals surface area contributed by atoms with Gasteiger partial charge in [-0.2, -0.15) is 0 Å². The van der Waals surface area contributed by atoms with Crippen LogP contribution in [-0.4, -0.2) is 17.5 Å². The van der Waals surface area contributed by atoms with Crippen molar-refractivity contribution in [1.82, 2.24) is 9.88 Å². The van der Waals surface area contributed by atoms with Crippen molar-refractivity contribution in [1.29, 1.82) is 0 Å². The van der Waals surface area contributed by atoms with E-state index in [1.54, 1.807) is 25.4 Å². The maximum Gasteiger partial charge on any atom is 0.255 e. The average Bonchev–Trinajstić information content (AvgIpc) is 2.27. The van der Waals surface area contributed by atoms with Crippen molar-refractivity contribution < 1.29 is 4.79 Å². The number of nitrogens with zero attached hydrogens (tertiary/aromatic N) is 1. The molecule has 1 aromatic heterocycles. The average molecular weight is 209 g/mol. The Morgan fingerprint density at radius 2 is 2.33 bits per heavy atom. The molecular formula is C10H15N3O2. The van der Waals surface area contributed by atoms with Crippen molar-refractivity contribution in [2.75, 3.05) is 7.05 Å². The number of nitrogens with two attached hydrogens (primary N) is 1. The van der Waals surface area contributed by atoms with Crippen LogP contribution >= 0.6 is 0 Å². The van der Waals surface area contributed by atoms with Gasteiger partial charge in [0.1, 0.15) is 0 Å².